The van der Waals surface area contributed by atoms with E-state index in [0.717, 1.165) is 4.90 Å². The van der Waals surface area contributed by atoms with Crippen molar-refractivity contribution in [3.8, 4) is 11.5 Å². The fourth-order valence-electron chi connectivity index (χ4n) is 3.04. The van der Waals surface area contributed by atoms with Gasteiger partial charge >= 0.3 is 6.18 Å². The van der Waals surface area contributed by atoms with Crippen LogP contribution in [-0.2, 0) is 0 Å². The van der Waals surface area contributed by atoms with Crippen LogP contribution >= 0.6 is 0 Å². The number of carbonyl (C=O) groups is 1. The summed E-state index contributed by atoms with van der Waals surface area (Å²) in [6.07, 6.45) is -5.52. The summed E-state index contributed by atoms with van der Waals surface area (Å²) >= 11 is 0. The minimum absolute atomic E-state index is 0.205. The third-order valence-corrected chi connectivity index (χ3v) is 4.18. The van der Waals surface area contributed by atoms with Crippen LogP contribution in [0.25, 0.3) is 0 Å². The van der Waals surface area contributed by atoms with E-state index < -0.39 is 24.8 Å². The number of benzene rings is 2. The van der Waals surface area contributed by atoms with Crippen molar-refractivity contribution in [3.63, 3.8) is 0 Å². The Labute approximate surface area is 154 Å². The standard InChI is InChI=1S/C19H19F3N2O3/c1-3-27-15-9-8-12(10-16(15)26-2)17-23-14-7-5-4-6-13(14)18(25)24(17)11-19(20,21)22/h4-10,17,23H,3,11H2,1-2H3. The predicted octanol–water partition coefficient (Wildman–Crippen LogP) is 4.22. The number of nitrogens with zero attached hydrogens (tertiary/aromatic N) is 1. The molecule has 0 saturated heterocycles. The summed E-state index contributed by atoms with van der Waals surface area (Å²) in [5.74, 6) is 0.183. The lowest BCUT2D eigenvalue weighted by molar-refractivity contribution is -0.144. The average Bonchev–Trinajstić information content (AvgIpc) is 2.63. The molecule has 2 aromatic rings. The third-order valence-electron chi connectivity index (χ3n) is 4.18. The zero-order valence-corrected chi connectivity index (χ0v) is 14.8. The van der Waals surface area contributed by atoms with Gasteiger partial charge < -0.3 is 19.7 Å². The van der Waals surface area contributed by atoms with E-state index in [2.05, 4.69) is 5.32 Å². The molecule has 0 aliphatic carbocycles. The molecule has 2 aromatic carbocycles. The second-order valence-corrected chi connectivity index (χ2v) is 5.98. The molecule has 0 spiro atoms. The summed E-state index contributed by atoms with van der Waals surface area (Å²) in [5, 5.41) is 3.03. The van der Waals surface area contributed by atoms with E-state index >= 15 is 0 Å². The van der Waals surface area contributed by atoms with Gasteiger partial charge in [-0.15, -0.1) is 0 Å². The van der Waals surface area contributed by atoms with Gasteiger partial charge in [-0.2, -0.15) is 13.2 Å². The monoisotopic (exact) mass is 380 g/mol. The second kappa shape index (κ2) is 7.38. The van der Waals surface area contributed by atoms with Crippen LogP contribution in [0.15, 0.2) is 42.5 Å². The van der Waals surface area contributed by atoms with Crippen molar-refractivity contribution >= 4 is 11.6 Å². The largest absolute Gasteiger partial charge is 0.493 e. The van der Waals surface area contributed by atoms with Crippen LogP contribution in [0.1, 0.15) is 29.0 Å². The molecule has 0 aromatic heterocycles. The molecule has 0 bridgehead atoms. The number of para-hydroxylation sites is 1. The van der Waals surface area contributed by atoms with Gasteiger partial charge in [0.25, 0.3) is 5.91 Å². The summed E-state index contributed by atoms with van der Waals surface area (Å²) in [5.41, 5.74) is 1.15. The van der Waals surface area contributed by atoms with Crippen molar-refractivity contribution in [3.05, 3.63) is 53.6 Å². The summed E-state index contributed by atoms with van der Waals surface area (Å²) in [4.78, 5) is 13.5. The molecule has 1 aliphatic rings. The van der Waals surface area contributed by atoms with Gasteiger partial charge in [0.05, 0.1) is 19.3 Å². The SMILES string of the molecule is CCOc1ccc(C2Nc3ccccc3C(=O)N2CC(F)(F)F)cc1OC. The molecule has 1 amide bonds. The van der Waals surface area contributed by atoms with Crippen molar-refractivity contribution < 1.29 is 27.4 Å². The van der Waals surface area contributed by atoms with E-state index in [-0.39, 0.29) is 5.56 Å². The topological polar surface area (TPSA) is 50.8 Å². The fraction of sp³-hybridized carbons (Fsp3) is 0.316. The van der Waals surface area contributed by atoms with Crippen molar-refractivity contribution in [1.29, 1.82) is 0 Å². The Bertz CT molecular complexity index is 839. The first-order valence-corrected chi connectivity index (χ1v) is 8.38. The third kappa shape index (κ3) is 3.94. The van der Waals surface area contributed by atoms with Crippen molar-refractivity contribution in [2.24, 2.45) is 0 Å². The number of rotatable bonds is 5. The Morgan fingerprint density at radius 1 is 1.15 bits per heavy atom. The Kier molecular flexibility index (Phi) is 5.16. The summed E-state index contributed by atoms with van der Waals surface area (Å²) in [6.45, 7) is 0.869. The van der Waals surface area contributed by atoms with Crippen LogP contribution in [0, 0.1) is 0 Å². The molecule has 0 radical (unpaired) electrons. The lowest BCUT2D eigenvalue weighted by atomic mass is 10.0. The number of amides is 1. The van der Waals surface area contributed by atoms with Crippen molar-refractivity contribution in [1.82, 2.24) is 4.90 Å². The highest BCUT2D eigenvalue weighted by atomic mass is 19.4. The van der Waals surface area contributed by atoms with E-state index in [9.17, 15) is 18.0 Å². The van der Waals surface area contributed by atoms with Crippen LogP contribution in [0.4, 0.5) is 18.9 Å². The van der Waals surface area contributed by atoms with Crippen molar-refractivity contribution in [2.45, 2.75) is 19.3 Å². The minimum atomic E-state index is -4.53. The van der Waals surface area contributed by atoms with Gasteiger partial charge in [-0.3, -0.25) is 4.79 Å². The van der Waals surface area contributed by atoms with E-state index in [0.29, 0.717) is 29.4 Å². The zero-order valence-electron chi connectivity index (χ0n) is 14.8. The maximum absolute atomic E-state index is 13.1. The van der Waals surface area contributed by atoms with E-state index in [1.165, 1.54) is 13.2 Å². The summed E-state index contributed by atoms with van der Waals surface area (Å²) in [7, 11) is 1.45. The smallest absolute Gasteiger partial charge is 0.406 e. The van der Waals surface area contributed by atoms with Gasteiger partial charge in [0, 0.05) is 5.69 Å². The molecule has 0 fully saturated rings. The molecular formula is C19H19F3N2O3. The van der Waals surface area contributed by atoms with Gasteiger partial charge in [-0.25, -0.2) is 0 Å². The quantitative estimate of drug-likeness (QED) is 0.844. The molecule has 5 nitrogen and oxygen atoms in total. The Morgan fingerprint density at radius 2 is 1.89 bits per heavy atom. The molecular weight excluding hydrogens is 361 g/mol. The first-order chi connectivity index (χ1) is 12.8. The highest BCUT2D eigenvalue weighted by Gasteiger charge is 2.40. The van der Waals surface area contributed by atoms with Gasteiger partial charge in [0.15, 0.2) is 11.5 Å². The molecule has 27 heavy (non-hydrogen) atoms. The number of nitrogens with one attached hydrogen (secondary N) is 1. The number of carbonyl (C=O) groups excluding carboxylic acids is 1. The van der Waals surface area contributed by atoms with Crippen LogP contribution in [-0.4, -0.2) is 37.2 Å². The minimum Gasteiger partial charge on any atom is -0.493 e. The average molecular weight is 380 g/mol. The number of halogens is 3. The molecule has 1 N–H and O–H groups in total. The number of methoxy groups -OCH3 is 1. The van der Waals surface area contributed by atoms with Crippen LogP contribution in [0.2, 0.25) is 0 Å². The number of anilines is 1. The summed E-state index contributed by atoms with van der Waals surface area (Å²) in [6, 6.07) is 11.3. The molecule has 144 valence electrons. The Balaban J connectivity index is 2.04. The number of hydrogen-bond donors (Lipinski definition) is 1. The lowest BCUT2D eigenvalue weighted by Crippen LogP contribution is -2.47. The van der Waals surface area contributed by atoms with Gasteiger partial charge in [-0.1, -0.05) is 18.2 Å². The first kappa shape index (κ1) is 18.9. The van der Waals surface area contributed by atoms with Crippen LogP contribution in [0.5, 0.6) is 11.5 Å². The number of ether oxygens (including phenoxy) is 2. The highest BCUT2D eigenvalue weighted by Crippen LogP contribution is 2.38. The molecule has 1 atom stereocenters. The molecule has 8 heteroatoms. The van der Waals surface area contributed by atoms with E-state index in [1.807, 2.05) is 6.92 Å². The van der Waals surface area contributed by atoms with E-state index in [4.69, 9.17) is 9.47 Å². The fourth-order valence-corrected chi connectivity index (χ4v) is 3.04. The second-order valence-electron chi connectivity index (χ2n) is 5.98. The number of fused-ring (bicyclic) bond motifs is 1. The number of alkyl halides is 3. The molecule has 1 aliphatic heterocycles. The Hall–Kier alpha value is -2.90. The highest BCUT2D eigenvalue weighted by molar-refractivity contribution is 6.01. The van der Waals surface area contributed by atoms with Gasteiger partial charge in [0.2, 0.25) is 0 Å². The zero-order chi connectivity index (χ0) is 19.6. The summed E-state index contributed by atoms with van der Waals surface area (Å²) < 4.78 is 50.1. The Morgan fingerprint density at radius 3 is 2.56 bits per heavy atom. The molecule has 3 rings (SSSR count). The first-order valence-electron chi connectivity index (χ1n) is 8.38. The molecule has 1 heterocycles. The maximum atomic E-state index is 13.1. The van der Waals surface area contributed by atoms with Crippen molar-refractivity contribution in [2.75, 3.05) is 25.6 Å². The van der Waals surface area contributed by atoms with Crippen LogP contribution < -0.4 is 14.8 Å². The van der Waals surface area contributed by atoms with Gasteiger partial charge in [0.1, 0.15) is 12.7 Å². The van der Waals surface area contributed by atoms with Crippen LogP contribution in [0.3, 0.4) is 0 Å². The number of hydrogen-bond acceptors (Lipinski definition) is 4. The maximum Gasteiger partial charge on any atom is 0.406 e. The molecule has 0 saturated carbocycles. The predicted molar refractivity (Wildman–Crippen MR) is 94.1 cm³/mol. The normalized spacial score (nSPS) is 16.6. The molecule has 1 unspecified atom stereocenters. The van der Waals surface area contributed by atoms with E-state index in [1.54, 1.807) is 36.4 Å². The lowest BCUT2D eigenvalue weighted by Gasteiger charge is -2.38. The van der Waals surface area contributed by atoms with Gasteiger partial charge in [-0.05, 0) is 36.8 Å².